The Labute approximate surface area is 127 Å². The molecule has 22 heavy (non-hydrogen) atoms. The van der Waals surface area contributed by atoms with E-state index in [9.17, 15) is 10.1 Å². The number of rotatable bonds is 2. The van der Waals surface area contributed by atoms with Crippen LogP contribution in [0.15, 0.2) is 51.7 Å². The fraction of sp³-hybridized carbons (Fsp3) is 0.111. The van der Waals surface area contributed by atoms with Gasteiger partial charge in [0.1, 0.15) is 23.2 Å². The zero-order valence-corrected chi connectivity index (χ0v) is 12.3. The molecule has 2 aromatic heterocycles. The smallest absolute Gasteiger partial charge is 0.266 e. The highest BCUT2D eigenvalue weighted by atomic mass is 16.3. The Kier molecular flexibility index (Phi) is 3.40. The molecule has 1 aromatic carbocycles. The van der Waals surface area contributed by atoms with Gasteiger partial charge in [0.25, 0.3) is 5.56 Å². The highest BCUT2D eigenvalue weighted by Crippen LogP contribution is 2.28. The highest BCUT2D eigenvalue weighted by Gasteiger charge is 2.11. The van der Waals surface area contributed by atoms with Gasteiger partial charge in [-0.1, -0.05) is 18.2 Å². The Morgan fingerprint density at radius 2 is 1.86 bits per heavy atom. The van der Waals surface area contributed by atoms with E-state index in [2.05, 4.69) is 4.98 Å². The number of nitrogens with zero attached hydrogens (tertiary/aromatic N) is 1. The Morgan fingerprint density at radius 1 is 1.09 bits per heavy atom. The third kappa shape index (κ3) is 2.45. The number of aromatic amines is 1. The van der Waals surface area contributed by atoms with Crippen molar-refractivity contribution in [2.24, 2.45) is 0 Å². The van der Waals surface area contributed by atoms with Crippen LogP contribution < -0.4 is 5.56 Å². The second-order valence-electron chi connectivity index (χ2n) is 5.17. The molecule has 0 spiro atoms. The van der Waals surface area contributed by atoms with E-state index >= 15 is 0 Å². The van der Waals surface area contributed by atoms with Crippen molar-refractivity contribution < 1.29 is 4.42 Å². The maximum atomic E-state index is 11.9. The number of benzene rings is 1. The van der Waals surface area contributed by atoms with Crippen LogP contribution >= 0.6 is 0 Å². The van der Waals surface area contributed by atoms with Crippen molar-refractivity contribution in [2.45, 2.75) is 13.8 Å². The molecule has 3 rings (SSSR count). The highest BCUT2D eigenvalue weighted by molar-refractivity contribution is 5.74. The second kappa shape index (κ2) is 5.38. The van der Waals surface area contributed by atoms with E-state index in [0.717, 1.165) is 28.3 Å². The molecule has 0 radical (unpaired) electrons. The molecule has 0 aliphatic rings. The molecule has 0 unspecified atom stereocenters. The van der Waals surface area contributed by atoms with Crippen LogP contribution in [0.1, 0.15) is 17.0 Å². The maximum absolute atomic E-state index is 11.9. The third-order valence-corrected chi connectivity index (χ3v) is 3.48. The van der Waals surface area contributed by atoms with Crippen LogP contribution in [-0.2, 0) is 0 Å². The fourth-order valence-electron chi connectivity index (χ4n) is 2.46. The number of aromatic nitrogens is 1. The summed E-state index contributed by atoms with van der Waals surface area (Å²) < 4.78 is 5.63. The van der Waals surface area contributed by atoms with E-state index in [-0.39, 0.29) is 11.1 Å². The predicted octanol–water partition coefficient (Wildman–Crippen LogP) is 3.79. The van der Waals surface area contributed by atoms with Crippen LogP contribution in [0.5, 0.6) is 0 Å². The van der Waals surface area contributed by atoms with E-state index in [1.54, 1.807) is 6.92 Å². The lowest BCUT2D eigenvalue weighted by atomic mass is 9.98. The quantitative estimate of drug-likeness (QED) is 0.780. The molecule has 4 nitrogen and oxygen atoms in total. The Morgan fingerprint density at radius 3 is 2.55 bits per heavy atom. The van der Waals surface area contributed by atoms with Gasteiger partial charge in [-0.2, -0.15) is 5.26 Å². The molecule has 1 N–H and O–H groups in total. The molecule has 3 aromatic rings. The van der Waals surface area contributed by atoms with E-state index < -0.39 is 0 Å². The van der Waals surface area contributed by atoms with Crippen LogP contribution in [0.25, 0.3) is 22.5 Å². The lowest BCUT2D eigenvalue weighted by Gasteiger charge is -2.07. The Balaban J connectivity index is 2.19. The third-order valence-electron chi connectivity index (χ3n) is 3.48. The van der Waals surface area contributed by atoms with Gasteiger partial charge in [-0.15, -0.1) is 0 Å². The van der Waals surface area contributed by atoms with Gasteiger partial charge >= 0.3 is 0 Å². The summed E-state index contributed by atoms with van der Waals surface area (Å²) in [5, 5.41) is 9.25. The van der Waals surface area contributed by atoms with E-state index in [4.69, 9.17) is 4.42 Å². The van der Waals surface area contributed by atoms with Crippen molar-refractivity contribution in [2.75, 3.05) is 0 Å². The van der Waals surface area contributed by atoms with Crippen LogP contribution in [0, 0.1) is 25.2 Å². The van der Waals surface area contributed by atoms with Gasteiger partial charge in [-0.25, -0.2) is 0 Å². The molecule has 2 heterocycles. The molecule has 0 atom stereocenters. The molecular formula is C18H14N2O2. The minimum Gasteiger partial charge on any atom is -0.461 e. The summed E-state index contributed by atoms with van der Waals surface area (Å²) in [6.45, 7) is 3.69. The van der Waals surface area contributed by atoms with Crippen LogP contribution in [-0.4, -0.2) is 4.98 Å². The number of H-pyrrole nitrogens is 1. The van der Waals surface area contributed by atoms with Crippen molar-refractivity contribution in [3.8, 4) is 28.5 Å². The van der Waals surface area contributed by atoms with Gasteiger partial charge in [0.15, 0.2) is 0 Å². The van der Waals surface area contributed by atoms with Gasteiger partial charge in [-0.3, -0.25) is 4.79 Å². The largest absolute Gasteiger partial charge is 0.461 e. The number of furan rings is 1. The SMILES string of the molecule is Cc1cc(-c2cccc(-c3ccc(C)o3)c2)c(C#N)c(=O)[nH]1. The van der Waals surface area contributed by atoms with Gasteiger partial charge in [0.05, 0.1) is 0 Å². The standard InChI is InChI=1S/C18H14N2O2/c1-11-8-15(16(10-19)18(21)20-11)13-4-3-5-14(9-13)17-7-6-12(2)22-17/h3-9H,1-2H3,(H,20,21). The number of hydrogen-bond donors (Lipinski definition) is 1. The van der Waals surface area contributed by atoms with Crippen molar-refractivity contribution in [1.82, 2.24) is 4.98 Å². The first-order chi connectivity index (χ1) is 10.6. The van der Waals surface area contributed by atoms with Crippen LogP contribution in [0.3, 0.4) is 0 Å². The summed E-state index contributed by atoms with van der Waals surface area (Å²) in [4.78, 5) is 14.6. The van der Waals surface area contributed by atoms with Crippen molar-refractivity contribution in [3.63, 3.8) is 0 Å². The number of aryl methyl sites for hydroxylation is 2. The van der Waals surface area contributed by atoms with Gasteiger partial charge in [0.2, 0.25) is 0 Å². The topological polar surface area (TPSA) is 69.8 Å². The maximum Gasteiger partial charge on any atom is 0.266 e. The second-order valence-corrected chi connectivity index (χ2v) is 5.17. The first-order valence-corrected chi connectivity index (χ1v) is 6.90. The molecule has 0 aliphatic heterocycles. The summed E-state index contributed by atoms with van der Waals surface area (Å²) in [7, 11) is 0. The van der Waals surface area contributed by atoms with Crippen molar-refractivity contribution in [1.29, 1.82) is 5.26 Å². The summed E-state index contributed by atoms with van der Waals surface area (Å²) in [6.07, 6.45) is 0. The van der Waals surface area contributed by atoms with Gasteiger partial charge < -0.3 is 9.40 Å². The van der Waals surface area contributed by atoms with Gasteiger partial charge in [0, 0.05) is 16.8 Å². The molecule has 0 aliphatic carbocycles. The number of nitriles is 1. The molecule has 0 bridgehead atoms. The average molecular weight is 290 g/mol. The van der Waals surface area contributed by atoms with Gasteiger partial charge in [-0.05, 0) is 43.7 Å². The Hall–Kier alpha value is -3.06. The minimum absolute atomic E-state index is 0.123. The van der Waals surface area contributed by atoms with E-state index in [0.29, 0.717) is 5.56 Å². The molecule has 4 heteroatoms. The summed E-state index contributed by atoms with van der Waals surface area (Å²) in [6, 6.07) is 15.2. The van der Waals surface area contributed by atoms with Crippen LogP contribution in [0.4, 0.5) is 0 Å². The van der Waals surface area contributed by atoms with Crippen molar-refractivity contribution >= 4 is 0 Å². The zero-order chi connectivity index (χ0) is 15.7. The zero-order valence-electron chi connectivity index (χ0n) is 12.3. The number of pyridine rings is 1. The summed E-state index contributed by atoms with van der Waals surface area (Å²) in [5.41, 5.74) is 2.84. The normalized spacial score (nSPS) is 10.4. The summed E-state index contributed by atoms with van der Waals surface area (Å²) >= 11 is 0. The monoisotopic (exact) mass is 290 g/mol. The molecule has 108 valence electrons. The first-order valence-electron chi connectivity index (χ1n) is 6.90. The van der Waals surface area contributed by atoms with E-state index in [1.807, 2.05) is 55.5 Å². The molecule has 0 saturated carbocycles. The lowest BCUT2D eigenvalue weighted by Crippen LogP contribution is -2.12. The number of nitrogens with one attached hydrogen (secondary N) is 1. The predicted molar refractivity (Wildman–Crippen MR) is 84.4 cm³/mol. The molecule has 0 fully saturated rings. The molecule has 0 amide bonds. The molecule has 0 saturated heterocycles. The lowest BCUT2D eigenvalue weighted by molar-refractivity contribution is 0.548. The average Bonchev–Trinajstić information content (AvgIpc) is 2.93. The molecular weight excluding hydrogens is 276 g/mol. The summed E-state index contributed by atoms with van der Waals surface area (Å²) in [5.74, 6) is 1.60. The fourth-order valence-corrected chi connectivity index (χ4v) is 2.46. The van der Waals surface area contributed by atoms with Crippen LogP contribution in [0.2, 0.25) is 0 Å². The van der Waals surface area contributed by atoms with E-state index in [1.165, 1.54) is 0 Å². The number of hydrogen-bond acceptors (Lipinski definition) is 3. The minimum atomic E-state index is -0.364. The van der Waals surface area contributed by atoms with Crippen molar-refractivity contribution in [3.05, 3.63) is 69.8 Å². The first kappa shape index (κ1) is 13.9. The Bertz CT molecular complexity index is 942.